The van der Waals surface area contributed by atoms with Gasteiger partial charge in [-0.05, 0) is 29.1 Å². The number of hydrogen-bond acceptors (Lipinski definition) is 7. The zero-order valence-electron chi connectivity index (χ0n) is 18.3. The molecule has 176 valence electrons. The molecule has 4 heterocycles. The Morgan fingerprint density at radius 1 is 1.18 bits per heavy atom. The number of thiophene rings is 2. The molecule has 0 bridgehead atoms. The monoisotopic (exact) mass is 498 g/mol. The Kier molecular flexibility index (Phi) is 6.82. The van der Waals surface area contributed by atoms with Gasteiger partial charge in [0.15, 0.2) is 0 Å². The third kappa shape index (κ3) is 4.80. The van der Waals surface area contributed by atoms with Crippen molar-refractivity contribution in [2.45, 2.75) is 12.6 Å². The van der Waals surface area contributed by atoms with E-state index in [-0.39, 0.29) is 29.9 Å². The van der Waals surface area contributed by atoms with Crippen LogP contribution in [0.15, 0.2) is 58.3 Å². The van der Waals surface area contributed by atoms with Crippen LogP contribution in [-0.2, 0) is 16.1 Å². The fourth-order valence-corrected chi connectivity index (χ4v) is 5.87. The van der Waals surface area contributed by atoms with Crippen LogP contribution in [-0.4, -0.2) is 53.2 Å². The third-order valence-corrected chi connectivity index (χ3v) is 7.68. The fourth-order valence-electron chi connectivity index (χ4n) is 4.15. The minimum Gasteiger partial charge on any atom is -0.379 e. The molecule has 1 aliphatic heterocycles. The van der Waals surface area contributed by atoms with Gasteiger partial charge in [0.2, 0.25) is 5.91 Å². The lowest BCUT2D eigenvalue weighted by Gasteiger charge is -2.35. The van der Waals surface area contributed by atoms with Crippen LogP contribution < -0.4 is 10.9 Å². The van der Waals surface area contributed by atoms with Gasteiger partial charge >= 0.3 is 0 Å². The summed E-state index contributed by atoms with van der Waals surface area (Å²) in [7, 11) is 0. The first kappa shape index (κ1) is 22.9. The molecule has 1 aliphatic rings. The number of amides is 1. The molecule has 0 saturated carbocycles. The van der Waals surface area contributed by atoms with Gasteiger partial charge in [-0.1, -0.05) is 18.2 Å². The van der Waals surface area contributed by atoms with Gasteiger partial charge in [0.05, 0.1) is 31.0 Å². The highest BCUT2D eigenvalue weighted by atomic mass is 32.1. The molecule has 3 aromatic heterocycles. The van der Waals surface area contributed by atoms with E-state index in [1.807, 2.05) is 22.9 Å². The number of hydrogen-bond donors (Lipinski definition) is 1. The average molecular weight is 499 g/mol. The van der Waals surface area contributed by atoms with Gasteiger partial charge in [0, 0.05) is 35.5 Å². The summed E-state index contributed by atoms with van der Waals surface area (Å²) in [5, 5.41) is 7.40. The van der Waals surface area contributed by atoms with Gasteiger partial charge in [-0.25, -0.2) is 9.37 Å². The molecule has 10 heteroatoms. The first-order valence-corrected chi connectivity index (χ1v) is 12.7. The molecule has 7 nitrogen and oxygen atoms in total. The minimum absolute atomic E-state index is 0.118. The van der Waals surface area contributed by atoms with Gasteiger partial charge < -0.3 is 10.1 Å². The molecule has 0 unspecified atom stereocenters. The average Bonchev–Trinajstić information content (AvgIpc) is 3.53. The van der Waals surface area contributed by atoms with Crippen molar-refractivity contribution >= 4 is 38.8 Å². The van der Waals surface area contributed by atoms with E-state index >= 15 is 0 Å². The van der Waals surface area contributed by atoms with Crippen molar-refractivity contribution in [3.63, 3.8) is 0 Å². The van der Waals surface area contributed by atoms with Crippen LogP contribution in [0.1, 0.15) is 11.6 Å². The van der Waals surface area contributed by atoms with Crippen LogP contribution >= 0.6 is 22.7 Å². The van der Waals surface area contributed by atoms with Crippen molar-refractivity contribution in [2.75, 3.05) is 32.8 Å². The van der Waals surface area contributed by atoms with Crippen LogP contribution in [0.3, 0.4) is 0 Å². The largest absolute Gasteiger partial charge is 0.379 e. The maximum Gasteiger partial charge on any atom is 0.263 e. The number of rotatable bonds is 7. The maximum atomic E-state index is 13.5. The summed E-state index contributed by atoms with van der Waals surface area (Å²) in [6.45, 7) is 2.89. The summed E-state index contributed by atoms with van der Waals surface area (Å²) in [5.41, 5.74) is 1.54. The SMILES string of the molecule is O=C(Cn1cnc2scc(-c3cccs3)c2c1=O)NC[C@@H](c1ccc(F)cc1)N1CCOCC1. The van der Waals surface area contributed by atoms with E-state index in [1.165, 1.54) is 34.4 Å². The third-order valence-electron chi connectivity index (χ3n) is 5.90. The maximum absolute atomic E-state index is 13.5. The summed E-state index contributed by atoms with van der Waals surface area (Å²) >= 11 is 2.98. The molecule has 0 aliphatic carbocycles. The minimum atomic E-state index is -0.300. The molecule has 1 fully saturated rings. The fraction of sp³-hybridized carbons (Fsp3) is 0.292. The molecule has 1 N–H and O–H groups in total. The van der Waals surface area contributed by atoms with E-state index in [4.69, 9.17) is 4.74 Å². The Bertz CT molecular complexity index is 1330. The number of fused-ring (bicyclic) bond motifs is 1. The van der Waals surface area contributed by atoms with Crippen LogP contribution in [0.25, 0.3) is 20.7 Å². The first-order valence-electron chi connectivity index (χ1n) is 10.9. The zero-order chi connectivity index (χ0) is 23.5. The molecule has 0 radical (unpaired) electrons. The second kappa shape index (κ2) is 10.1. The smallest absolute Gasteiger partial charge is 0.263 e. The first-order chi connectivity index (χ1) is 16.6. The van der Waals surface area contributed by atoms with Crippen molar-refractivity contribution in [3.05, 3.63) is 75.2 Å². The van der Waals surface area contributed by atoms with Gasteiger partial charge in [0.1, 0.15) is 17.2 Å². The molecule has 34 heavy (non-hydrogen) atoms. The van der Waals surface area contributed by atoms with Crippen LogP contribution in [0.4, 0.5) is 4.39 Å². The molecule has 1 saturated heterocycles. The van der Waals surface area contributed by atoms with E-state index < -0.39 is 0 Å². The Hall–Kier alpha value is -2.92. The lowest BCUT2D eigenvalue weighted by molar-refractivity contribution is -0.122. The molecular weight excluding hydrogens is 475 g/mol. The Balaban J connectivity index is 1.33. The second-order valence-corrected chi connectivity index (χ2v) is 9.81. The lowest BCUT2D eigenvalue weighted by Crippen LogP contribution is -2.44. The number of benzene rings is 1. The molecule has 1 aromatic carbocycles. The van der Waals surface area contributed by atoms with E-state index in [0.717, 1.165) is 29.1 Å². The summed E-state index contributed by atoms with van der Waals surface area (Å²) < 4.78 is 20.3. The predicted molar refractivity (Wildman–Crippen MR) is 132 cm³/mol. The highest BCUT2D eigenvalue weighted by Gasteiger charge is 2.23. The number of nitrogens with zero attached hydrogens (tertiary/aromatic N) is 3. The van der Waals surface area contributed by atoms with Crippen molar-refractivity contribution in [2.24, 2.45) is 0 Å². The molecule has 5 rings (SSSR count). The molecular formula is C24H23FN4O3S2. The van der Waals surface area contributed by atoms with Crippen LogP contribution in [0.5, 0.6) is 0 Å². The summed E-state index contributed by atoms with van der Waals surface area (Å²) in [6.07, 6.45) is 1.43. The topological polar surface area (TPSA) is 76.5 Å². The number of carbonyl (C=O) groups excluding carboxylic acids is 1. The normalized spacial score (nSPS) is 15.4. The molecule has 0 spiro atoms. The number of halogens is 1. The zero-order valence-corrected chi connectivity index (χ0v) is 19.9. The standard InChI is InChI=1S/C24H23FN4O3S2/c25-17-5-3-16(4-6-17)19(28-7-9-32-10-8-28)12-26-21(30)13-29-15-27-23-22(24(29)31)18(14-34-23)20-2-1-11-33-20/h1-6,11,14-15,19H,7-10,12-13H2,(H,26,30)/t19-/m0/s1. The van der Waals surface area contributed by atoms with Crippen molar-refractivity contribution in [3.8, 4) is 10.4 Å². The van der Waals surface area contributed by atoms with Crippen molar-refractivity contribution < 1.29 is 13.9 Å². The highest BCUT2D eigenvalue weighted by molar-refractivity contribution is 7.18. The highest BCUT2D eigenvalue weighted by Crippen LogP contribution is 2.33. The van der Waals surface area contributed by atoms with E-state index in [9.17, 15) is 14.0 Å². The Morgan fingerprint density at radius 2 is 1.97 bits per heavy atom. The lowest BCUT2D eigenvalue weighted by atomic mass is 10.0. The van der Waals surface area contributed by atoms with E-state index in [0.29, 0.717) is 30.0 Å². The van der Waals surface area contributed by atoms with Gasteiger partial charge in [-0.15, -0.1) is 22.7 Å². The summed E-state index contributed by atoms with van der Waals surface area (Å²) in [4.78, 5) is 34.3. The Labute approximate surface area is 203 Å². The van der Waals surface area contributed by atoms with Crippen molar-refractivity contribution in [1.82, 2.24) is 19.8 Å². The summed E-state index contributed by atoms with van der Waals surface area (Å²) in [5.74, 6) is -0.581. The quantitative estimate of drug-likeness (QED) is 0.422. The van der Waals surface area contributed by atoms with Crippen LogP contribution in [0.2, 0.25) is 0 Å². The van der Waals surface area contributed by atoms with E-state index in [1.54, 1.807) is 23.5 Å². The van der Waals surface area contributed by atoms with Gasteiger partial charge in [-0.3, -0.25) is 19.1 Å². The van der Waals surface area contributed by atoms with E-state index in [2.05, 4.69) is 15.2 Å². The number of morpholine rings is 1. The Morgan fingerprint density at radius 3 is 2.71 bits per heavy atom. The van der Waals surface area contributed by atoms with Crippen molar-refractivity contribution in [1.29, 1.82) is 0 Å². The molecule has 4 aromatic rings. The number of aromatic nitrogens is 2. The molecule has 1 atom stereocenters. The number of ether oxygens (including phenoxy) is 1. The summed E-state index contributed by atoms with van der Waals surface area (Å²) in [6, 6.07) is 10.1. The number of carbonyl (C=O) groups is 1. The second-order valence-electron chi connectivity index (χ2n) is 8.00. The predicted octanol–water partition coefficient (Wildman–Crippen LogP) is 3.52. The van der Waals surface area contributed by atoms with Crippen LogP contribution in [0, 0.1) is 5.82 Å². The van der Waals surface area contributed by atoms with Gasteiger partial charge in [0.25, 0.3) is 5.56 Å². The number of nitrogens with one attached hydrogen (secondary N) is 1. The molecule has 1 amide bonds. The van der Waals surface area contributed by atoms with Gasteiger partial charge in [-0.2, -0.15) is 0 Å².